The first kappa shape index (κ1) is 12.1. The number of aromatic nitrogens is 1. The molecule has 0 atom stereocenters. The highest BCUT2D eigenvalue weighted by atomic mass is 16.1. The molecule has 2 heteroatoms. The van der Waals surface area contributed by atoms with E-state index in [1.165, 1.54) is 24.8 Å². The van der Waals surface area contributed by atoms with Crippen molar-refractivity contribution in [2.24, 2.45) is 0 Å². The Morgan fingerprint density at radius 1 is 1.16 bits per heavy atom. The zero-order chi connectivity index (χ0) is 13.1. The van der Waals surface area contributed by atoms with Crippen LogP contribution in [0.5, 0.6) is 0 Å². The fraction of sp³-hybridized carbons (Fsp3) is 0.294. The van der Waals surface area contributed by atoms with E-state index < -0.39 is 0 Å². The summed E-state index contributed by atoms with van der Waals surface area (Å²) in [6.45, 7) is 0. The highest BCUT2D eigenvalue weighted by Gasteiger charge is 2.19. The number of nitrogens with zero attached hydrogens (tertiary/aromatic N) is 1. The highest BCUT2D eigenvalue weighted by Crippen LogP contribution is 2.36. The molecule has 0 saturated heterocycles. The van der Waals surface area contributed by atoms with E-state index in [2.05, 4.69) is 17.1 Å². The van der Waals surface area contributed by atoms with E-state index in [0.717, 1.165) is 17.0 Å². The van der Waals surface area contributed by atoms with E-state index in [1.807, 2.05) is 24.3 Å². The van der Waals surface area contributed by atoms with E-state index in [-0.39, 0.29) is 5.78 Å². The van der Waals surface area contributed by atoms with Crippen LogP contribution in [0, 0.1) is 0 Å². The lowest BCUT2D eigenvalue weighted by atomic mass is 9.80. The van der Waals surface area contributed by atoms with Crippen LogP contribution in [-0.4, -0.2) is 10.8 Å². The molecule has 1 saturated carbocycles. The predicted octanol–water partition coefficient (Wildman–Crippen LogP) is 3.77. The van der Waals surface area contributed by atoms with Crippen molar-refractivity contribution in [2.75, 3.05) is 0 Å². The Morgan fingerprint density at radius 3 is 2.53 bits per heavy atom. The molecule has 0 spiro atoms. The van der Waals surface area contributed by atoms with Gasteiger partial charge in [0.05, 0.1) is 0 Å². The molecule has 96 valence electrons. The Labute approximate surface area is 113 Å². The molecular weight excluding hydrogens is 234 g/mol. The first-order valence-electron chi connectivity index (χ1n) is 6.85. The number of hydrogen-bond donors (Lipinski definition) is 0. The van der Waals surface area contributed by atoms with Crippen LogP contribution in [0.2, 0.25) is 0 Å². The van der Waals surface area contributed by atoms with Gasteiger partial charge in [0.15, 0.2) is 5.78 Å². The van der Waals surface area contributed by atoms with Crippen molar-refractivity contribution < 1.29 is 4.79 Å². The normalized spacial score (nSPS) is 14.9. The van der Waals surface area contributed by atoms with Gasteiger partial charge in [0.2, 0.25) is 0 Å². The van der Waals surface area contributed by atoms with Crippen molar-refractivity contribution in [1.82, 2.24) is 4.98 Å². The largest absolute Gasteiger partial charge is 0.294 e. The minimum atomic E-state index is 0.160. The van der Waals surface area contributed by atoms with Gasteiger partial charge in [-0.15, -0.1) is 0 Å². The number of Topliss-reactive ketones (excluding diaryl/α,β-unsaturated/α-hetero) is 1. The molecule has 1 heterocycles. The minimum Gasteiger partial charge on any atom is -0.294 e. The van der Waals surface area contributed by atoms with Crippen LogP contribution in [0.4, 0.5) is 0 Å². The predicted molar refractivity (Wildman–Crippen MR) is 75.3 cm³/mol. The van der Waals surface area contributed by atoms with Gasteiger partial charge in [0, 0.05) is 24.4 Å². The van der Waals surface area contributed by atoms with Crippen LogP contribution < -0.4 is 0 Å². The third-order valence-corrected chi connectivity index (χ3v) is 3.90. The Hall–Kier alpha value is -1.96. The summed E-state index contributed by atoms with van der Waals surface area (Å²) in [7, 11) is 0. The molecule has 0 aliphatic heterocycles. The van der Waals surface area contributed by atoms with Crippen LogP contribution in [0.15, 0.2) is 48.8 Å². The molecule has 0 unspecified atom stereocenters. The van der Waals surface area contributed by atoms with Crippen molar-refractivity contribution in [3.8, 4) is 0 Å². The number of hydrogen-bond acceptors (Lipinski definition) is 2. The minimum absolute atomic E-state index is 0.160. The molecule has 1 aliphatic rings. The van der Waals surface area contributed by atoms with E-state index in [0.29, 0.717) is 6.42 Å². The van der Waals surface area contributed by atoms with Crippen molar-refractivity contribution in [3.05, 3.63) is 65.5 Å². The molecule has 0 bridgehead atoms. The molecule has 1 aromatic heterocycles. The average molecular weight is 251 g/mol. The Bertz CT molecular complexity index is 556. The van der Waals surface area contributed by atoms with Gasteiger partial charge in [-0.05, 0) is 36.0 Å². The average Bonchev–Trinajstić information content (AvgIpc) is 2.39. The first-order chi connectivity index (χ1) is 9.33. The topological polar surface area (TPSA) is 30.0 Å². The maximum Gasteiger partial charge on any atom is 0.167 e. The van der Waals surface area contributed by atoms with Crippen molar-refractivity contribution in [1.29, 1.82) is 0 Å². The standard InChI is InChI=1S/C17H17NO/c19-17(11-13-3-2-10-18-12-13)16-8-6-15(7-9-16)14-4-1-5-14/h2-3,6-10,12,14H,1,4-5,11H2. The summed E-state index contributed by atoms with van der Waals surface area (Å²) in [5.74, 6) is 0.885. The molecule has 0 amide bonds. The van der Waals surface area contributed by atoms with Gasteiger partial charge in [0.25, 0.3) is 0 Å². The van der Waals surface area contributed by atoms with Crippen LogP contribution in [0.25, 0.3) is 0 Å². The summed E-state index contributed by atoms with van der Waals surface area (Å²) in [6, 6.07) is 12.0. The quantitative estimate of drug-likeness (QED) is 0.774. The molecule has 0 N–H and O–H groups in total. The molecule has 19 heavy (non-hydrogen) atoms. The summed E-state index contributed by atoms with van der Waals surface area (Å²) < 4.78 is 0. The number of carbonyl (C=O) groups excluding carboxylic acids is 1. The second kappa shape index (κ2) is 5.35. The van der Waals surface area contributed by atoms with Crippen LogP contribution in [-0.2, 0) is 6.42 Å². The number of benzene rings is 1. The number of pyridine rings is 1. The van der Waals surface area contributed by atoms with E-state index in [1.54, 1.807) is 12.4 Å². The monoisotopic (exact) mass is 251 g/mol. The summed E-state index contributed by atoms with van der Waals surface area (Å²) in [4.78, 5) is 16.2. The Kier molecular flexibility index (Phi) is 3.41. The lowest BCUT2D eigenvalue weighted by Gasteiger charge is -2.25. The fourth-order valence-corrected chi connectivity index (χ4v) is 2.47. The lowest BCUT2D eigenvalue weighted by molar-refractivity contribution is 0.0993. The molecule has 1 aliphatic carbocycles. The van der Waals surface area contributed by atoms with Gasteiger partial charge in [-0.3, -0.25) is 9.78 Å². The zero-order valence-electron chi connectivity index (χ0n) is 10.9. The number of carbonyl (C=O) groups is 1. The van der Waals surface area contributed by atoms with Gasteiger partial charge in [-0.1, -0.05) is 36.8 Å². The summed E-state index contributed by atoms with van der Waals surface area (Å²) >= 11 is 0. The third kappa shape index (κ3) is 2.73. The van der Waals surface area contributed by atoms with Gasteiger partial charge in [0.1, 0.15) is 0 Å². The maximum atomic E-state index is 12.2. The smallest absolute Gasteiger partial charge is 0.167 e. The van der Waals surface area contributed by atoms with Gasteiger partial charge in [-0.25, -0.2) is 0 Å². The van der Waals surface area contributed by atoms with Crippen molar-refractivity contribution in [2.45, 2.75) is 31.6 Å². The van der Waals surface area contributed by atoms with E-state index in [9.17, 15) is 4.79 Å². The maximum absolute atomic E-state index is 12.2. The molecule has 1 aromatic carbocycles. The Balaban J connectivity index is 1.69. The van der Waals surface area contributed by atoms with Crippen molar-refractivity contribution in [3.63, 3.8) is 0 Å². The molecular formula is C17H17NO. The third-order valence-electron chi connectivity index (χ3n) is 3.90. The second-order valence-corrected chi connectivity index (χ2v) is 5.21. The molecule has 3 rings (SSSR count). The van der Waals surface area contributed by atoms with Crippen LogP contribution in [0.3, 0.4) is 0 Å². The number of ketones is 1. The highest BCUT2D eigenvalue weighted by molar-refractivity contribution is 5.97. The summed E-state index contributed by atoms with van der Waals surface area (Å²) in [6.07, 6.45) is 7.83. The van der Waals surface area contributed by atoms with Gasteiger partial charge < -0.3 is 0 Å². The van der Waals surface area contributed by atoms with E-state index >= 15 is 0 Å². The SMILES string of the molecule is O=C(Cc1cccnc1)c1ccc(C2CCC2)cc1. The van der Waals surface area contributed by atoms with Gasteiger partial charge in [-0.2, -0.15) is 0 Å². The molecule has 2 nitrogen and oxygen atoms in total. The lowest BCUT2D eigenvalue weighted by Crippen LogP contribution is -2.09. The Morgan fingerprint density at radius 2 is 1.95 bits per heavy atom. The molecule has 2 aromatic rings. The molecule has 1 fully saturated rings. The zero-order valence-corrected chi connectivity index (χ0v) is 10.9. The summed E-state index contributed by atoms with van der Waals surface area (Å²) in [5.41, 5.74) is 3.15. The first-order valence-corrected chi connectivity index (χ1v) is 6.85. The van der Waals surface area contributed by atoms with Crippen LogP contribution in [0.1, 0.15) is 46.7 Å². The van der Waals surface area contributed by atoms with E-state index in [4.69, 9.17) is 0 Å². The summed E-state index contributed by atoms with van der Waals surface area (Å²) in [5, 5.41) is 0. The molecule has 0 radical (unpaired) electrons. The second-order valence-electron chi connectivity index (χ2n) is 5.21. The van der Waals surface area contributed by atoms with Gasteiger partial charge >= 0.3 is 0 Å². The number of rotatable bonds is 4. The van der Waals surface area contributed by atoms with Crippen molar-refractivity contribution >= 4 is 5.78 Å². The van der Waals surface area contributed by atoms with Crippen LogP contribution >= 0.6 is 0 Å². The fourth-order valence-electron chi connectivity index (χ4n) is 2.47.